The number of cyclic esters (lactones) is 1. The topological polar surface area (TPSA) is 212 Å². The van der Waals surface area contributed by atoms with E-state index in [0.29, 0.717) is 31.0 Å². The average molecular weight is 1140 g/mol. The number of hydrogen-bond donors (Lipinski definition) is 5. The monoisotopic (exact) mass is 1140 g/mol. The molecular weight excluding hydrogens is 1060 g/mol. The largest absolute Gasteiger partial charge is 0.459 e. The van der Waals surface area contributed by atoms with E-state index in [4.69, 9.17) is 44.8 Å². The molecule has 3 aromatic rings. The van der Waals surface area contributed by atoms with Crippen LogP contribution in [-0.2, 0) is 47.5 Å². The zero-order valence-corrected chi connectivity index (χ0v) is 49.8. The maximum Gasteiger partial charge on any atom is 0.311 e. The van der Waals surface area contributed by atoms with Gasteiger partial charge in [-0.2, -0.15) is 0 Å². The van der Waals surface area contributed by atoms with Gasteiger partial charge < -0.3 is 63.8 Å². The first-order valence-corrected chi connectivity index (χ1v) is 29.4. The normalized spacial score (nSPS) is 37.0. The summed E-state index contributed by atoms with van der Waals surface area (Å²) in [4.78, 5) is 48.4. The molecule has 0 aliphatic carbocycles. The Bertz CT molecular complexity index is 2600. The predicted octanol–water partition coefficient (Wildman–Crippen LogP) is 8.54. The molecule has 2 aromatic carbocycles. The van der Waals surface area contributed by atoms with E-state index in [0.717, 1.165) is 36.2 Å². The third kappa shape index (κ3) is 13.4. The van der Waals surface area contributed by atoms with Crippen molar-refractivity contribution in [1.29, 1.82) is 0 Å². The maximum absolute atomic E-state index is 14.5. The number of nitrogens with zero attached hydrogens (tertiary/aromatic N) is 1. The maximum atomic E-state index is 14.5. The number of hydrogen-bond acceptors (Lipinski definition) is 17. The van der Waals surface area contributed by atoms with Crippen LogP contribution in [0.5, 0.6) is 0 Å². The van der Waals surface area contributed by atoms with Gasteiger partial charge in [0.25, 0.3) is 0 Å². The molecule has 5 N–H and O–H groups in total. The highest BCUT2D eigenvalue weighted by atomic mass is 35.5. The zero-order chi connectivity index (χ0) is 57.2. The molecule has 78 heavy (non-hydrogen) atoms. The van der Waals surface area contributed by atoms with Gasteiger partial charge in [-0.05, 0) is 123 Å². The summed E-state index contributed by atoms with van der Waals surface area (Å²) in [6.07, 6.45) is -5.80. The molecule has 1 amide bonds. The second-order valence-electron chi connectivity index (χ2n) is 22.8. The van der Waals surface area contributed by atoms with Gasteiger partial charge in [0.15, 0.2) is 12.6 Å². The fraction of sp³-hybridized carbons (Fsp3) is 0.644. The fourth-order valence-corrected chi connectivity index (χ4v) is 14.4. The minimum atomic E-state index is -2.01. The molecule has 1 aromatic heterocycles. The van der Waals surface area contributed by atoms with Crippen LogP contribution in [-0.4, -0.2) is 162 Å². The van der Waals surface area contributed by atoms with Gasteiger partial charge in [0.05, 0.1) is 47.6 Å². The number of fused-ring (bicyclic) bond motifs is 5. The number of carbonyl (C=O) groups excluding carboxylic acids is 3. The summed E-state index contributed by atoms with van der Waals surface area (Å²) >= 11 is 9.82. The number of nitrogens with one attached hydrogen (secondary N) is 1. The molecule has 432 valence electrons. The Morgan fingerprint density at radius 3 is 2.27 bits per heavy atom. The van der Waals surface area contributed by atoms with E-state index < -0.39 is 108 Å². The molecule has 3 saturated heterocycles. The third-order valence-electron chi connectivity index (χ3n) is 16.9. The van der Waals surface area contributed by atoms with Gasteiger partial charge in [-0.3, -0.25) is 14.4 Å². The molecule has 0 radical (unpaired) electrons. The molecule has 7 rings (SSSR count). The van der Waals surface area contributed by atoms with Crippen molar-refractivity contribution in [2.24, 2.45) is 23.7 Å². The Morgan fingerprint density at radius 2 is 1.58 bits per heavy atom. The molecule has 0 unspecified atom stereocenters. The molecule has 19 heteroatoms. The standard InChI is InChI=1S/C59H83ClN2O14S2/c1-14-45-59(10,69)52(66)33(4)48(64)31(2)29-58(9,71-13)54(34(5)50(35(6)55(68)74-45)75-47-30-57(8,70-12)53(67)36(7)73-47)76-56-49(65)42(26-32(3)72-56)62(11)25-17-24-61-46(63)23-21-38-28-40-39-18-15-16-19-43(39)78-44-22-20-37(60)27-41(44)51(40)77-38/h15-16,18-23,27-28,31-36,42,45,47,49-50,52-54,56,65-67,69H,14,17,24-26,29-30H2,1-13H3,(H,61,63)/b23-21+/t31-,32-,33+,34+,35-,36+,42+,45-,47+,49-,50+,52-,53+,54-,56+,57-,58-,59-/m1/s1. The number of aliphatic hydroxyl groups is 4. The molecule has 18 atom stereocenters. The van der Waals surface area contributed by atoms with E-state index >= 15 is 0 Å². The zero-order valence-electron chi connectivity index (χ0n) is 47.4. The van der Waals surface area contributed by atoms with Crippen LogP contribution in [0, 0.1) is 23.7 Å². The van der Waals surface area contributed by atoms with Crippen molar-refractivity contribution in [3.05, 3.63) is 64.5 Å². The number of esters is 1. The highest BCUT2D eigenvalue weighted by Gasteiger charge is 2.54. The molecule has 0 saturated carbocycles. The molecule has 3 fully saturated rings. The van der Waals surface area contributed by atoms with Crippen molar-refractivity contribution in [1.82, 2.24) is 10.2 Å². The predicted molar refractivity (Wildman–Crippen MR) is 301 cm³/mol. The highest BCUT2D eigenvalue weighted by Crippen LogP contribution is 2.52. The Kier molecular flexibility index (Phi) is 20.7. The van der Waals surface area contributed by atoms with E-state index in [1.165, 1.54) is 21.1 Å². The lowest BCUT2D eigenvalue weighted by Crippen LogP contribution is -2.61. The summed E-state index contributed by atoms with van der Waals surface area (Å²) in [6.45, 7) is 17.9. The SMILES string of the molecule is CC[C@H]1OC(=O)[C@H](C)[C@@H](O[C@H]2C[C@@](C)(OC)[C@@H](O)[C@H](C)O2)[C@H](C)[C@@H](O[C@@H]2O[C@H](C)C[C@H](N(C)CCCNC(=O)/C=C/c3cc4c(s3)-c3cc(Cl)ccc3Sc3ccccc3-4)[C@H]2O)[C@](C)(OC)C[C@@H](C)C(=O)[C@H](C)[C@@H](O)[C@]1(C)O. The van der Waals surface area contributed by atoms with Gasteiger partial charge in [0.2, 0.25) is 5.91 Å². The van der Waals surface area contributed by atoms with Gasteiger partial charge in [-0.25, -0.2) is 0 Å². The molecular formula is C59H83ClN2O14S2. The van der Waals surface area contributed by atoms with Crippen LogP contribution in [0.25, 0.3) is 27.6 Å². The molecule has 5 heterocycles. The fourth-order valence-electron chi connectivity index (χ4n) is 12.0. The van der Waals surface area contributed by atoms with Crippen molar-refractivity contribution in [3.8, 4) is 21.6 Å². The van der Waals surface area contributed by atoms with Crippen molar-refractivity contribution in [3.63, 3.8) is 0 Å². The Hall–Kier alpha value is -3.31. The first-order chi connectivity index (χ1) is 36.8. The van der Waals surface area contributed by atoms with E-state index in [9.17, 15) is 34.8 Å². The smallest absolute Gasteiger partial charge is 0.311 e. The summed E-state index contributed by atoms with van der Waals surface area (Å²) in [7, 11) is 4.91. The van der Waals surface area contributed by atoms with Gasteiger partial charge in [-0.15, -0.1) is 11.3 Å². The van der Waals surface area contributed by atoms with Crippen LogP contribution in [0.4, 0.5) is 0 Å². The summed E-state index contributed by atoms with van der Waals surface area (Å²) in [5.74, 6) is -5.02. The number of halogens is 1. The lowest BCUT2D eigenvalue weighted by molar-refractivity contribution is -0.319. The number of thiophene rings is 1. The second kappa shape index (κ2) is 25.9. The number of benzene rings is 2. The van der Waals surface area contributed by atoms with Gasteiger partial charge in [0, 0.05) is 92.8 Å². The Labute approximate surface area is 473 Å². The first-order valence-electron chi connectivity index (χ1n) is 27.4. The number of Topliss-reactive ketones (excluding diaryl/α,β-unsaturated/α-hetero) is 1. The molecule has 0 bridgehead atoms. The summed E-state index contributed by atoms with van der Waals surface area (Å²) < 4.78 is 44.8. The van der Waals surface area contributed by atoms with E-state index in [-0.39, 0.29) is 37.1 Å². The highest BCUT2D eigenvalue weighted by molar-refractivity contribution is 7.99. The van der Waals surface area contributed by atoms with Crippen LogP contribution in [0.3, 0.4) is 0 Å². The first kappa shape index (κ1) is 62.3. The molecule has 0 spiro atoms. The van der Waals surface area contributed by atoms with Crippen LogP contribution in [0.1, 0.15) is 106 Å². The number of aliphatic hydroxyl groups excluding tert-OH is 3. The van der Waals surface area contributed by atoms with E-state index in [1.54, 1.807) is 77.6 Å². The van der Waals surface area contributed by atoms with E-state index in [1.807, 2.05) is 56.1 Å². The number of rotatable bonds is 14. The van der Waals surface area contributed by atoms with Crippen molar-refractivity contribution in [2.45, 2.75) is 195 Å². The summed E-state index contributed by atoms with van der Waals surface area (Å²) in [6, 6.07) is 15.9. The number of amides is 1. The van der Waals surface area contributed by atoms with Crippen LogP contribution < -0.4 is 5.32 Å². The summed E-state index contributed by atoms with van der Waals surface area (Å²) in [5, 5.41) is 50.6. The number of likely N-dealkylation sites (N-methyl/N-ethyl adjacent to an activating group) is 1. The number of methoxy groups -OCH3 is 2. The lowest BCUT2D eigenvalue weighted by atomic mass is 9.74. The molecule has 4 aliphatic rings. The van der Waals surface area contributed by atoms with Crippen molar-refractivity contribution >= 4 is 58.4 Å². The van der Waals surface area contributed by atoms with Gasteiger partial charge in [0.1, 0.15) is 29.7 Å². The van der Waals surface area contributed by atoms with Crippen LogP contribution >= 0.6 is 34.7 Å². The number of carbonyl (C=O) groups is 3. The van der Waals surface area contributed by atoms with Gasteiger partial charge >= 0.3 is 5.97 Å². The Morgan fingerprint density at radius 1 is 0.885 bits per heavy atom. The number of ether oxygens (including phenoxy) is 7. The Balaban J connectivity index is 1.09. The third-order valence-corrected chi connectivity index (χ3v) is 19.4. The van der Waals surface area contributed by atoms with Crippen molar-refractivity contribution < 1.29 is 68.0 Å². The number of ketones is 1. The lowest BCUT2D eigenvalue weighted by Gasteiger charge is -2.50. The van der Waals surface area contributed by atoms with Crippen LogP contribution in [0.15, 0.2) is 64.4 Å². The quantitative estimate of drug-likeness (QED) is 0.0455. The van der Waals surface area contributed by atoms with Gasteiger partial charge in [-0.1, -0.05) is 69.3 Å². The molecule has 16 nitrogen and oxygen atoms in total. The second-order valence-corrected chi connectivity index (χ2v) is 25.4. The minimum Gasteiger partial charge on any atom is -0.459 e. The van der Waals surface area contributed by atoms with Crippen molar-refractivity contribution in [2.75, 3.05) is 34.4 Å². The summed E-state index contributed by atoms with van der Waals surface area (Å²) in [5.41, 5.74) is -1.14. The average Bonchev–Trinajstić information content (AvgIpc) is 3.99. The van der Waals surface area contributed by atoms with Crippen LogP contribution in [0.2, 0.25) is 5.02 Å². The van der Waals surface area contributed by atoms with E-state index in [2.05, 4.69) is 29.6 Å². The minimum absolute atomic E-state index is 0.0554. The molecule has 4 aliphatic heterocycles.